The number of ether oxygens (including phenoxy) is 2. The van der Waals surface area contributed by atoms with E-state index in [-0.39, 0.29) is 0 Å². The summed E-state index contributed by atoms with van der Waals surface area (Å²) in [7, 11) is 1.65. The molecule has 0 aliphatic heterocycles. The first-order valence-electron chi connectivity index (χ1n) is 6.19. The molecule has 0 saturated carbocycles. The fraction of sp³-hybridized carbons (Fsp3) is 0.250. The van der Waals surface area contributed by atoms with Crippen molar-refractivity contribution < 1.29 is 9.47 Å². The predicted octanol–water partition coefficient (Wildman–Crippen LogP) is 2.18. The summed E-state index contributed by atoms with van der Waals surface area (Å²) in [4.78, 5) is 0. The van der Waals surface area contributed by atoms with Crippen LogP contribution >= 0.6 is 0 Å². The van der Waals surface area contributed by atoms with Crippen molar-refractivity contribution >= 4 is 10.8 Å². The molecule has 0 heterocycles. The molecular weight excluding hydrogens is 238 g/mol. The normalized spacial score (nSPS) is 10.0. The van der Waals surface area contributed by atoms with Crippen molar-refractivity contribution in [3.05, 3.63) is 42.0 Å². The summed E-state index contributed by atoms with van der Waals surface area (Å²) < 4.78 is 10.7. The highest BCUT2D eigenvalue weighted by Gasteiger charge is 2.06. The van der Waals surface area contributed by atoms with Crippen molar-refractivity contribution in [2.75, 3.05) is 26.9 Å². The molecule has 0 aromatic heterocycles. The summed E-state index contributed by atoms with van der Waals surface area (Å²) in [6, 6.07) is 12.1. The van der Waals surface area contributed by atoms with Crippen LogP contribution < -0.4 is 10.5 Å². The second-order valence-electron chi connectivity index (χ2n) is 4.01. The third-order valence-electron chi connectivity index (χ3n) is 2.75. The van der Waals surface area contributed by atoms with Crippen LogP contribution in [0.25, 0.3) is 10.8 Å². The third kappa shape index (κ3) is 3.25. The zero-order chi connectivity index (χ0) is 13.5. The lowest BCUT2D eigenvalue weighted by molar-refractivity contribution is 0.146. The summed E-state index contributed by atoms with van der Waals surface area (Å²) >= 11 is 0. The van der Waals surface area contributed by atoms with Crippen molar-refractivity contribution in [2.45, 2.75) is 0 Å². The Bertz CT molecular complexity index is 611. The molecule has 3 heteroatoms. The molecule has 0 atom stereocenters. The Hall–Kier alpha value is -2.02. The van der Waals surface area contributed by atoms with Gasteiger partial charge in [-0.25, -0.2) is 0 Å². The molecule has 0 aliphatic rings. The van der Waals surface area contributed by atoms with Gasteiger partial charge in [0.25, 0.3) is 0 Å². The zero-order valence-electron chi connectivity index (χ0n) is 11.0. The predicted molar refractivity (Wildman–Crippen MR) is 77.3 cm³/mol. The number of fused-ring (bicyclic) bond motifs is 1. The van der Waals surface area contributed by atoms with Gasteiger partial charge in [-0.05, 0) is 11.5 Å². The van der Waals surface area contributed by atoms with Gasteiger partial charge in [-0.2, -0.15) is 0 Å². The van der Waals surface area contributed by atoms with Crippen molar-refractivity contribution in [2.24, 2.45) is 5.73 Å². The Morgan fingerprint density at radius 2 is 1.95 bits per heavy atom. The van der Waals surface area contributed by atoms with Crippen LogP contribution in [0.2, 0.25) is 0 Å². The van der Waals surface area contributed by atoms with Crippen LogP contribution in [0.5, 0.6) is 5.75 Å². The van der Waals surface area contributed by atoms with E-state index in [4.69, 9.17) is 15.2 Å². The molecule has 0 saturated heterocycles. The Balaban J connectivity index is 2.44. The standard InChI is InChI=1S/C16H17NO2/c1-18-11-12-19-16-9-8-13-5-2-3-6-14(13)15(16)7-4-10-17/h2-3,5-6,8-9H,10-12,17H2,1H3. The van der Waals surface area contributed by atoms with E-state index in [1.54, 1.807) is 7.11 Å². The van der Waals surface area contributed by atoms with E-state index in [1.807, 2.05) is 30.3 Å². The van der Waals surface area contributed by atoms with E-state index in [1.165, 1.54) is 0 Å². The molecule has 0 amide bonds. The third-order valence-corrected chi connectivity index (χ3v) is 2.75. The molecule has 3 nitrogen and oxygen atoms in total. The largest absolute Gasteiger partial charge is 0.490 e. The van der Waals surface area contributed by atoms with Crippen LogP contribution in [-0.4, -0.2) is 26.9 Å². The number of hydrogen-bond donors (Lipinski definition) is 1. The van der Waals surface area contributed by atoms with Gasteiger partial charge < -0.3 is 15.2 Å². The van der Waals surface area contributed by atoms with Crippen molar-refractivity contribution in [3.63, 3.8) is 0 Å². The minimum atomic E-state index is 0.334. The Labute approximate surface area is 113 Å². The topological polar surface area (TPSA) is 44.5 Å². The smallest absolute Gasteiger partial charge is 0.135 e. The van der Waals surface area contributed by atoms with Crippen LogP contribution in [0.1, 0.15) is 5.56 Å². The summed E-state index contributed by atoms with van der Waals surface area (Å²) in [6.07, 6.45) is 0. The molecule has 2 N–H and O–H groups in total. The molecule has 0 spiro atoms. The molecule has 2 aromatic rings. The van der Waals surface area contributed by atoms with Gasteiger partial charge >= 0.3 is 0 Å². The number of benzene rings is 2. The van der Waals surface area contributed by atoms with Gasteiger partial charge in [-0.1, -0.05) is 42.2 Å². The summed E-state index contributed by atoms with van der Waals surface area (Å²) in [6.45, 7) is 1.39. The molecule has 0 aliphatic carbocycles. The second-order valence-corrected chi connectivity index (χ2v) is 4.01. The fourth-order valence-electron chi connectivity index (χ4n) is 1.88. The second kappa shape index (κ2) is 6.79. The number of hydrogen-bond acceptors (Lipinski definition) is 3. The lowest BCUT2D eigenvalue weighted by Gasteiger charge is -2.10. The molecule has 98 valence electrons. The highest BCUT2D eigenvalue weighted by molar-refractivity contribution is 5.90. The minimum Gasteiger partial charge on any atom is -0.490 e. The van der Waals surface area contributed by atoms with E-state index < -0.39 is 0 Å². The first-order valence-corrected chi connectivity index (χ1v) is 6.19. The maximum Gasteiger partial charge on any atom is 0.135 e. The zero-order valence-corrected chi connectivity index (χ0v) is 11.0. The molecule has 2 aromatic carbocycles. The molecule has 19 heavy (non-hydrogen) atoms. The highest BCUT2D eigenvalue weighted by Crippen LogP contribution is 2.27. The summed E-state index contributed by atoms with van der Waals surface area (Å²) in [5.74, 6) is 6.77. The molecule has 0 radical (unpaired) electrons. The first kappa shape index (κ1) is 13.4. The van der Waals surface area contributed by atoms with E-state index >= 15 is 0 Å². The lowest BCUT2D eigenvalue weighted by atomic mass is 10.0. The van der Waals surface area contributed by atoms with Gasteiger partial charge in [0.1, 0.15) is 12.4 Å². The highest BCUT2D eigenvalue weighted by atomic mass is 16.5. The summed E-state index contributed by atoms with van der Waals surface area (Å²) in [5.41, 5.74) is 6.35. The first-order chi connectivity index (χ1) is 9.36. The molecule has 0 bridgehead atoms. The number of nitrogens with two attached hydrogens (primary N) is 1. The van der Waals surface area contributed by atoms with E-state index in [9.17, 15) is 0 Å². The van der Waals surface area contributed by atoms with Crippen molar-refractivity contribution in [1.82, 2.24) is 0 Å². The molecule has 2 rings (SSSR count). The van der Waals surface area contributed by atoms with Crippen LogP contribution in [0.4, 0.5) is 0 Å². The van der Waals surface area contributed by atoms with E-state index in [2.05, 4.69) is 17.9 Å². The van der Waals surface area contributed by atoms with Crippen molar-refractivity contribution in [1.29, 1.82) is 0 Å². The van der Waals surface area contributed by atoms with Gasteiger partial charge in [-0.3, -0.25) is 0 Å². The Morgan fingerprint density at radius 1 is 1.11 bits per heavy atom. The summed E-state index contributed by atoms with van der Waals surface area (Å²) in [5, 5.41) is 2.22. The lowest BCUT2D eigenvalue weighted by Crippen LogP contribution is -2.05. The number of rotatable bonds is 4. The maximum absolute atomic E-state index is 5.71. The molecule has 0 fully saturated rings. The Kier molecular flexibility index (Phi) is 4.79. The van der Waals surface area contributed by atoms with Crippen LogP contribution in [0.15, 0.2) is 36.4 Å². The molecular formula is C16H17NO2. The minimum absolute atomic E-state index is 0.334. The van der Waals surface area contributed by atoms with E-state index in [0.717, 1.165) is 22.1 Å². The fourth-order valence-corrected chi connectivity index (χ4v) is 1.88. The Morgan fingerprint density at radius 3 is 2.74 bits per heavy atom. The van der Waals surface area contributed by atoms with Gasteiger partial charge in [0.15, 0.2) is 0 Å². The van der Waals surface area contributed by atoms with Crippen molar-refractivity contribution in [3.8, 4) is 17.6 Å². The van der Waals surface area contributed by atoms with Crippen LogP contribution in [0.3, 0.4) is 0 Å². The van der Waals surface area contributed by atoms with Gasteiger partial charge in [0.2, 0.25) is 0 Å². The van der Waals surface area contributed by atoms with Gasteiger partial charge in [-0.15, -0.1) is 0 Å². The SMILES string of the molecule is COCCOc1ccc2ccccc2c1C#CCN. The average Bonchev–Trinajstić information content (AvgIpc) is 2.46. The quantitative estimate of drug-likeness (QED) is 0.672. The van der Waals surface area contributed by atoms with Crippen LogP contribution in [-0.2, 0) is 4.74 Å². The van der Waals surface area contributed by atoms with Gasteiger partial charge in [0.05, 0.1) is 18.7 Å². The van der Waals surface area contributed by atoms with E-state index in [0.29, 0.717) is 19.8 Å². The number of methoxy groups -OCH3 is 1. The molecule has 0 unspecified atom stereocenters. The van der Waals surface area contributed by atoms with Crippen LogP contribution in [0, 0.1) is 11.8 Å². The monoisotopic (exact) mass is 255 g/mol. The maximum atomic E-state index is 5.71. The average molecular weight is 255 g/mol. The van der Waals surface area contributed by atoms with Gasteiger partial charge in [0, 0.05) is 12.5 Å².